The first kappa shape index (κ1) is 30.6. The average molecular weight is 613 g/mol. The van der Waals surface area contributed by atoms with Crippen molar-refractivity contribution < 1.29 is 28.5 Å². The van der Waals surface area contributed by atoms with E-state index in [-0.39, 0.29) is 26.4 Å². The molecule has 0 amide bonds. The molecular formula is C38H32N2O6. The molecule has 4 aromatic carbocycles. The summed E-state index contributed by atoms with van der Waals surface area (Å²) in [5, 5.41) is 3.86. The number of rotatable bonds is 13. The van der Waals surface area contributed by atoms with Crippen molar-refractivity contribution in [3.05, 3.63) is 120 Å². The highest BCUT2D eigenvalue weighted by Gasteiger charge is 2.09. The highest BCUT2D eigenvalue weighted by Crippen LogP contribution is 2.28. The number of hydrogen-bond acceptors (Lipinski definition) is 8. The van der Waals surface area contributed by atoms with Gasteiger partial charge in [-0.05, 0) is 47.5 Å². The van der Waals surface area contributed by atoms with E-state index in [2.05, 4.69) is 0 Å². The molecule has 2 heterocycles. The molecule has 0 atom stereocenters. The highest BCUT2D eigenvalue weighted by molar-refractivity contribution is 6.05. The lowest BCUT2D eigenvalue weighted by atomic mass is 10.0. The minimum atomic E-state index is -0.453. The first-order valence-corrected chi connectivity index (χ1v) is 15.1. The summed E-state index contributed by atoms with van der Waals surface area (Å²) in [5.74, 6) is -0.906. The van der Waals surface area contributed by atoms with Gasteiger partial charge in [0.25, 0.3) is 0 Å². The smallest absolute Gasteiger partial charge is 0.330 e. The van der Waals surface area contributed by atoms with Gasteiger partial charge >= 0.3 is 11.9 Å². The van der Waals surface area contributed by atoms with Gasteiger partial charge in [0.15, 0.2) is 0 Å². The summed E-state index contributed by atoms with van der Waals surface area (Å²) in [6.45, 7) is 1.35. The second kappa shape index (κ2) is 15.0. The van der Waals surface area contributed by atoms with Crippen molar-refractivity contribution in [1.29, 1.82) is 0 Å². The van der Waals surface area contributed by atoms with Crippen LogP contribution in [0, 0.1) is 0 Å². The number of carbonyl (C=O) groups is 2. The molecular weight excluding hydrogens is 580 g/mol. The minimum Gasteiger partial charge on any atom is -0.460 e. The monoisotopic (exact) mass is 612 g/mol. The Labute approximate surface area is 265 Å². The molecule has 0 saturated heterocycles. The van der Waals surface area contributed by atoms with Crippen molar-refractivity contribution >= 4 is 67.7 Å². The Kier molecular flexibility index (Phi) is 9.99. The van der Waals surface area contributed by atoms with Gasteiger partial charge in [-0.1, -0.05) is 72.8 Å². The molecule has 0 radical (unpaired) electrons. The zero-order chi connectivity index (χ0) is 31.6. The summed E-state index contributed by atoms with van der Waals surface area (Å²) in [6, 6.07) is 31.4. The van der Waals surface area contributed by atoms with E-state index in [0.29, 0.717) is 13.2 Å². The number of nitrogens with zero attached hydrogens (tertiary/aromatic N) is 2. The number of pyridine rings is 2. The largest absolute Gasteiger partial charge is 0.460 e. The van der Waals surface area contributed by atoms with Gasteiger partial charge < -0.3 is 18.9 Å². The Morgan fingerprint density at radius 3 is 1.11 bits per heavy atom. The van der Waals surface area contributed by atoms with Crippen molar-refractivity contribution in [2.45, 2.75) is 0 Å². The molecule has 0 aliphatic heterocycles. The van der Waals surface area contributed by atoms with Gasteiger partial charge in [-0.3, -0.25) is 0 Å². The van der Waals surface area contributed by atoms with Crippen molar-refractivity contribution in [3.63, 3.8) is 0 Å². The summed E-state index contributed by atoms with van der Waals surface area (Å²) in [7, 11) is 0. The van der Waals surface area contributed by atoms with E-state index in [1.165, 1.54) is 12.2 Å². The van der Waals surface area contributed by atoms with Gasteiger partial charge in [0.05, 0.1) is 48.5 Å². The lowest BCUT2D eigenvalue weighted by molar-refractivity contribution is -0.141. The first-order chi connectivity index (χ1) is 22.7. The second-order valence-corrected chi connectivity index (χ2v) is 10.3. The van der Waals surface area contributed by atoms with E-state index >= 15 is 0 Å². The lowest BCUT2D eigenvalue weighted by Crippen LogP contribution is -2.14. The highest BCUT2D eigenvalue weighted by atomic mass is 16.6. The first-order valence-electron chi connectivity index (χ1n) is 15.1. The Morgan fingerprint density at radius 1 is 0.457 bits per heavy atom. The van der Waals surface area contributed by atoms with Gasteiger partial charge in [-0.2, -0.15) is 0 Å². The molecule has 0 bridgehead atoms. The lowest BCUT2D eigenvalue weighted by Gasteiger charge is -2.08. The van der Waals surface area contributed by atoms with E-state index in [9.17, 15) is 9.59 Å². The van der Waals surface area contributed by atoms with E-state index in [1.807, 2.05) is 97.1 Å². The van der Waals surface area contributed by atoms with Crippen LogP contribution in [0.25, 0.3) is 55.8 Å². The molecule has 0 N–H and O–H groups in total. The van der Waals surface area contributed by atoms with E-state index in [4.69, 9.17) is 28.9 Å². The number of carbonyl (C=O) groups excluding carboxylic acids is 2. The van der Waals surface area contributed by atoms with Crippen LogP contribution in [0.4, 0.5) is 0 Å². The zero-order valence-electron chi connectivity index (χ0n) is 25.1. The van der Waals surface area contributed by atoms with E-state index in [0.717, 1.165) is 54.7 Å². The average Bonchev–Trinajstić information content (AvgIpc) is 3.09. The van der Waals surface area contributed by atoms with Gasteiger partial charge in [0.2, 0.25) is 0 Å². The quantitative estimate of drug-likeness (QED) is 0.0599. The molecule has 0 aliphatic carbocycles. The number of hydrogen-bond donors (Lipinski definition) is 0. The fourth-order valence-corrected chi connectivity index (χ4v) is 5.23. The fourth-order valence-electron chi connectivity index (χ4n) is 5.23. The maximum atomic E-state index is 12.3. The molecule has 6 aromatic rings. The van der Waals surface area contributed by atoms with Crippen LogP contribution in [-0.4, -0.2) is 61.5 Å². The summed E-state index contributed by atoms with van der Waals surface area (Å²) < 4.78 is 21.6. The third kappa shape index (κ3) is 7.43. The molecule has 46 heavy (non-hydrogen) atoms. The predicted octanol–water partition coefficient (Wildman–Crippen LogP) is 6.94. The van der Waals surface area contributed by atoms with E-state index < -0.39 is 11.9 Å². The van der Waals surface area contributed by atoms with Crippen LogP contribution in [0.2, 0.25) is 0 Å². The van der Waals surface area contributed by atoms with Crippen molar-refractivity contribution in [2.24, 2.45) is 0 Å². The molecule has 8 nitrogen and oxygen atoms in total. The molecule has 230 valence electrons. The van der Waals surface area contributed by atoms with Crippen molar-refractivity contribution in [1.82, 2.24) is 9.97 Å². The topological polar surface area (TPSA) is 96.8 Å². The van der Waals surface area contributed by atoms with Crippen LogP contribution in [-0.2, 0) is 28.5 Å². The minimum absolute atomic E-state index is 0.118. The summed E-state index contributed by atoms with van der Waals surface area (Å²) in [5.41, 5.74) is 5.30. The summed E-state index contributed by atoms with van der Waals surface area (Å²) in [6.07, 6.45) is 6.40. The van der Waals surface area contributed by atoms with Gasteiger partial charge in [-0.25, -0.2) is 19.6 Å². The SMILES string of the molecule is O=C(/C=C/c1c2ccccc2nc2ccccc12)OCCOCCOCCOC(=O)/C=C/c1c2ccccc2nc2ccccc12. The van der Waals surface area contributed by atoms with Gasteiger partial charge in [0, 0.05) is 33.7 Å². The molecule has 0 saturated carbocycles. The number of fused-ring (bicyclic) bond motifs is 4. The fraction of sp³-hybridized carbons (Fsp3) is 0.158. The zero-order valence-corrected chi connectivity index (χ0v) is 25.1. The predicted molar refractivity (Wildman–Crippen MR) is 180 cm³/mol. The molecule has 2 aromatic heterocycles. The Morgan fingerprint density at radius 2 is 0.761 bits per heavy atom. The van der Waals surface area contributed by atoms with Crippen LogP contribution < -0.4 is 0 Å². The second-order valence-electron chi connectivity index (χ2n) is 10.3. The van der Waals surface area contributed by atoms with E-state index in [1.54, 1.807) is 12.2 Å². The summed E-state index contributed by atoms with van der Waals surface area (Å²) in [4.78, 5) is 34.1. The van der Waals surface area contributed by atoms with Crippen LogP contribution >= 0.6 is 0 Å². The third-order valence-electron chi connectivity index (χ3n) is 7.35. The van der Waals surface area contributed by atoms with Crippen LogP contribution in [0.5, 0.6) is 0 Å². The number of para-hydroxylation sites is 4. The third-order valence-corrected chi connectivity index (χ3v) is 7.35. The van der Waals surface area contributed by atoms with Crippen LogP contribution in [0.15, 0.2) is 109 Å². The Bertz CT molecular complexity index is 1810. The standard InChI is InChI=1S/C38H32N2O6/c41-37(19-17-27-29-9-1-5-13-33(29)39-34-14-6-2-10-30(27)34)45-25-23-43-21-22-44-24-26-46-38(42)20-18-28-31-11-3-7-15-35(31)40-36-16-8-4-12-32(28)36/h1-20H,21-26H2/b19-17+,20-18+. The molecule has 0 aliphatic rings. The summed E-state index contributed by atoms with van der Waals surface area (Å²) >= 11 is 0. The number of esters is 2. The maximum Gasteiger partial charge on any atom is 0.330 e. The number of ether oxygens (including phenoxy) is 4. The Balaban J connectivity index is 0.880. The van der Waals surface area contributed by atoms with Crippen LogP contribution in [0.1, 0.15) is 11.1 Å². The number of benzene rings is 4. The van der Waals surface area contributed by atoms with Gasteiger partial charge in [-0.15, -0.1) is 0 Å². The number of aromatic nitrogens is 2. The maximum absolute atomic E-state index is 12.3. The molecule has 0 fully saturated rings. The van der Waals surface area contributed by atoms with Crippen molar-refractivity contribution in [2.75, 3.05) is 39.6 Å². The van der Waals surface area contributed by atoms with Crippen molar-refractivity contribution in [3.8, 4) is 0 Å². The molecule has 6 rings (SSSR count). The molecule has 0 spiro atoms. The molecule has 8 heteroatoms. The van der Waals surface area contributed by atoms with Gasteiger partial charge in [0.1, 0.15) is 13.2 Å². The Hall–Kier alpha value is -5.44. The van der Waals surface area contributed by atoms with Crippen LogP contribution in [0.3, 0.4) is 0 Å². The molecule has 0 unspecified atom stereocenters. The normalized spacial score (nSPS) is 11.7.